The SMILES string of the molecule is C=CCc1c(C)c2c(c(N)c1CC=C(C)CCC(=O)O)C(=O)OC2. The highest BCUT2D eigenvalue weighted by Crippen LogP contribution is 2.36. The van der Waals surface area contributed by atoms with Gasteiger partial charge in [-0.2, -0.15) is 0 Å². The van der Waals surface area contributed by atoms with Crippen LogP contribution in [0.25, 0.3) is 0 Å². The predicted molar refractivity (Wildman–Crippen MR) is 92.9 cm³/mol. The molecular formula is C19H23NO4. The molecule has 0 saturated carbocycles. The summed E-state index contributed by atoms with van der Waals surface area (Å²) in [5, 5.41) is 8.77. The van der Waals surface area contributed by atoms with E-state index in [0.717, 1.165) is 27.8 Å². The molecule has 0 bridgehead atoms. The molecule has 0 unspecified atom stereocenters. The second-order valence-electron chi connectivity index (χ2n) is 6.07. The normalized spacial score (nSPS) is 13.6. The Balaban J connectivity index is 2.41. The number of rotatable bonds is 7. The van der Waals surface area contributed by atoms with E-state index < -0.39 is 5.97 Å². The fourth-order valence-electron chi connectivity index (χ4n) is 3.03. The zero-order valence-electron chi connectivity index (χ0n) is 14.1. The minimum atomic E-state index is -0.814. The second-order valence-corrected chi connectivity index (χ2v) is 6.07. The topological polar surface area (TPSA) is 89.6 Å². The number of benzene rings is 1. The Morgan fingerprint density at radius 2 is 2.04 bits per heavy atom. The summed E-state index contributed by atoms with van der Waals surface area (Å²) < 4.78 is 5.14. The summed E-state index contributed by atoms with van der Waals surface area (Å²) in [6.45, 7) is 7.95. The van der Waals surface area contributed by atoms with Crippen molar-refractivity contribution in [2.24, 2.45) is 0 Å². The number of anilines is 1. The number of carboxylic acids is 1. The number of esters is 1. The van der Waals surface area contributed by atoms with Crippen molar-refractivity contribution in [2.75, 3.05) is 5.73 Å². The molecule has 1 heterocycles. The highest BCUT2D eigenvalue weighted by molar-refractivity contribution is 6.00. The van der Waals surface area contributed by atoms with Gasteiger partial charge in [-0.1, -0.05) is 17.7 Å². The van der Waals surface area contributed by atoms with E-state index in [1.807, 2.05) is 26.0 Å². The Hall–Kier alpha value is -2.56. The first kappa shape index (κ1) is 17.8. The molecule has 0 fully saturated rings. The molecule has 3 N–H and O–H groups in total. The van der Waals surface area contributed by atoms with Crippen molar-refractivity contribution in [1.29, 1.82) is 0 Å². The summed E-state index contributed by atoms with van der Waals surface area (Å²) in [7, 11) is 0. The number of hydrogen-bond donors (Lipinski definition) is 2. The zero-order chi connectivity index (χ0) is 17.9. The van der Waals surface area contributed by atoms with Crippen molar-refractivity contribution in [3.05, 3.63) is 52.1 Å². The van der Waals surface area contributed by atoms with Crippen LogP contribution < -0.4 is 5.73 Å². The van der Waals surface area contributed by atoms with Crippen LogP contribution in [0.5, 0.6) is 0 Å². The van der Waals surface area contributed by atoms with E-state index in [4.69, 9.17) is 15.6 Å². The second kappa shape index (κ2) is 7.34. The zero-order valence-corrected chi connectivity index (χ0v) is 14.1. The maximum Gasteiger partial charge on any atom is 0.341 e. The summed E-state index contributed by atoms with van der Waals surface area (Å²) in [4.78, 5) is 22.6. The fraction of sp³-hybridized carbons (Fsp3) is 0.368. The van der Waals surface area contributed by atoms with Crippen LogP contribution in [0.3, 0.4) is 0 Å². The van der Waals surface area contributed by atoms with Gasteiger partial charge in [0.15, 0.2) is 0 Å². The maximum atomic E-state index is 12.0. The van der Waals surface area contributed by atoms with Crippen molar-refractivity contribution in [3.63, 3.8) is 0 Å². The van der Waals surface area contributed by atoms with E-state index in [2.05, 4.69) is 6.58 Å². The molecule has 5 heteroatoms. The molecule has 128 valence electrons. The number of allylic oxidation sites excluding steroid dienone is 3. The molecule has 24 heavy (non-hydrogen) atoms. The molecule has 0 amide bonds. The third-order valence-electron chi connectivity index (χ3n) is 4.45. The number of carboxylic acid groups (broad SMARTS) is 1. The first-order valence-electron chi connectivity index (χ1n) is 7.94. The summed E-state index contributed by atoms with van der Waals surface area (Å²) in [5.74, 6) is -1.19. The third-order valence-corrected chi connectivity index (χ3v) is 4.45. The van der Waals surface area contributed by atoms with Crippen molar-refractivity contribution in [3.8, 4) is 0 Å². The van der Waals surface area contributed by atoms with Gasteiger partial charge in [-0.15, -0.1) is 6.58 Å². The largest absolute Gasteiger partial charge is 0.481 e. The molecule has 0 atom stereocenters. The standard InChI is InChI=1S/C19H23NO4/c1-4-5-13-12(3)15-10-24-19(23)17(15)18(20)14(13)8-6-11(2)7-9-16(21)22/h4,6H,1,5,7-10,20H2,2-3H3,(H,21,22). The highest BCUT2D eigenvalue weighted by Gasteiger charge is 2.29. The quantitative estimate of drug-likeness (QED) is 0.455. The minimum Gasteiger partial charge on any atom is -0.481 e. The molecule has 0 saturated heterocycles. The number of fused-ring (bicyclic) bond motifs is 1. The van der Waals surface area contributed by atoms with Gasteiger partial charge in [0.25, 0.3) is 0 Å². The van der Waals surface area contributed by atoms with Gasteiger partial charge in [-0.05, 0) is 49.8 Å². The lowest BCUT2D eigenvalue weighted by molar-refractivity contribution is -0.136. The van der Waals surface area contributed by atoms with E-state index in [9.17, 15) is 9.59 Å². The van der Waals surface area contributed by atoms with E-state index in [0.29, 0.717) is 30.5 Å². The summed E-state index contributed by atoms with van der Waals surface area (Å²) in [6.07, 6.45) is 5.62. The predicted octanol–water partition coefficient (Wildman–Crippen LogP) is 3.33. The number of nitrogen functional groups attached to an aromatic ring is 1. The fourth-order valence-corrected chi connectivity index (χ4v) is 3.03. The Labute approximate surface area is 141 Å². The number of nitrogens with two attached hydrogens (primary N) is 1. The Morgan fingerprint density at radius 3 is 2.67 bits per heavy atom. The number of carbonyl (C=O) groups excluding carboxylic acids is 1. The van der Waals surface area contributed by atoms with Crippen molar-refractivity contribution in [1.82, 2.24) is 0 Å². The van der Waals surface area contributed by atoms with Crippen molar-refractivity contribution in [2.45, 2.75) is 46.1 Å². The van der Waals surface area contributed by atoms with Crippen LogP contribution >= 0.6 is 0 Å². The smallest absolute Gasteiger partial charge is 0.341 e. The monoisotopic (exact) mass is 329 g/mol. The molecule has 0 aromatic heterocycles. The van der Waals surface area contributed by atoms with Gasteiger partial charge in [0.05, 0.1) is 11.3 Å². The molecule has 1 aliphatic heterocycles. The first-order valence-corrected chi connectivity index (χ1v) is 7.94. The number of ether oxygens (including phenoxy) is 1. The van der Waals surface area contributed by atoms with Gasteiger partial charge in [0.2, 0.25) is 0 Å². The summed E-state index contributed by atoms with van der Waals surface area (Å²) in [5.41, 5.74) is 12.1. The third kappa shape index (κ3) is 3.50. The van der Waals surface area contributed by atoms with Crippen LogP contribution in [0, 0.1) is 6.92 Å². The maximum absolute atomic E-state index is 12.0. The van der Waals surface area contributed by atoms with Gasteiger partial charge >= 0.3 is 11.9 Å². The van der Waals surface area contributed by atoms with Crippen molar-refractivity contribution >= 4 is 17.6 Å². The lowest BCUT2D eigenvalue weighted by Crippen LogP contribution is -2.10. The van der Waals surface area contributed by atoms with Gasteiger partial charge in [-0.3, -0.25) is 4.79 Å². The van der Waals surface area contributed by atoms with Gasteiger partial charge in [-0.25, -0.2) is 4.79 Å². The molecule has 1 aromatic carbocycles. The average molecular weight is 329 g/mol. The molecule has 0 aliphatic carbocycles. The van der Waals surface area contributed by atoms with Crippen LogP contribution in [0.4, 0.5) is 5.69 Å². The number of cyclic esters (lactones) is 1. The minimum absolute atomic E-state index is 0.104. The van der Waals surface area contributed by atoms with Crippen LogP contribution in [0.1, 0.15) is 52.4 Å². The average Bonchev–Trinajstić information content (AvgIpc) is 2.92. The molecule has 1 aliphatic rings. The summed E-state index contributed by atoms with van der Waals surface area (Å²) in [6, 6.07) is 0. The Morgan fingerprint density at radius 1 is 1.33 bits per heavy atom. The Bertz CT molecular complexity index is 732. The van der Waals surface area contributed by atoms with E-state index >= 15 is 0 Å². The van der Waals surface area contributed by atoms with Gasteiger partial charge in [0, 0.05) is 12.0 Å². The summed E-state index contributed by atoms with van der Waals surface area (Å²) >= 11 is 0. The molecule has 0 spiro atoms. The van der Waals surface area contributed by atoms with Crippen LogP contribution in [-0.2, 0) is 29.0 Å². The number of aliphatic carboxylic acids is 1. The highest BCUT2D eigenvalue weighted by atomic mass is 16.5. The van der Waals surface area contributed by atoms with Crippen LogP contribution in [0.2, 0.25) is 0 Å². The lowest BCUT2D eigenvalue weighted by Gasteiger charge is -2.17. The van der Waals surface area contributed by atoms with Gasteiger partial charge in [0.1, 0.15) is 6.61 Å². The molecule has 2 rings (SSSR count). The number of carbonyl (C=O) groups is 2. The van der Waals surface area contributed by atoms with E-state index in [1.165, 1.54) is 0 Å². The molecular weight excluding hydrogens is 306 g/mol. The van der Waals surface area contributed by atoms with Crippen molar-refractivity contribution < 1.29 is 19.4 Å². The van der Waals surface area contributed by atoms with Gasteiger partial charge < -0.3 is 15.6 Å². The van der Waals surface area contributed by atoms with Crippen LogP contribution in [-0.4, -0.2) is 17.0 Å². The number of hydrogen-bond acceptors (Lipinski definition) is 4. The molecule has 0 radical (unpaired) electrons. The lowest BCUT2D eigenvalue weighted by atomic mass is 9.88. The van der Waals surface area contributed by atoms with E-state index in [-0.39, 0.29) is 19.0 Å². The Kier molecular flexibility index (Phi) is 5.44. The van der Waals surface area contributed by atoms with E-state index in [1.54, 1.807) is 0 Å². The van der Waals surface area contributed by atoms with Crippen LogP contribution in [0.15, 0.2) is 24.3 Å². The molecule has 1 aromatic rings. The molecule has 5 nitrogen and oxygen atoms in total. The first-order chi connectivity index (χ1) is 11.4.